The van der Waals surface area contributed by atoms with Gasteiger partial charge in [0.05, 0.1) is 24.6 Å². The Balaban J connectivity index is 2.19. The topological polar surface area (TPSA) is 53.6 Å². The first-order chi connectivity index (χ1) is 8.63. The maximum Gasteiger partial charge on any atom is 0.127 e. The molecule has 1 aliphatic carbocycles. The molecule has 2 rings (SSSR count). The second-order valence-electron chi connectivity index (χ2n) is 5.33. The quantitative estimate of drug-likeness (QED) is 0.837. The summed E-state index contributed by atoms with van der Waals surface area (Å²) in [6.45, 7) is 7.82. The van der Waals surface area contributed by atoms with Crippen molar-refractivity contribution in [1.29, 1.82) is 5.26 Å². The van der Waals surface area contributed by atoms with E-state index >= 15 is 0 Å². The average Bonchev–Trinajstić information content (AvgIpc) is 3.18. The lowest BCUT2D eigenvalue weighted by Crippen LogP contribution is -2.50. The number of nitriles is 1. The number of nitrogens with zero attached hydrogens (tertiary/aromatic N) is 3. The summed E-state index contributed by atoms with van der Waals surface area (Å²) in [5, 5.41) is 13.1. The first-order valence-corrected chi connectivity index (χ1v) is 6.77. The van der Waals surface area contributed by atoms with Crippen LogP contribution in [0.1, 0.15) is 37.6 Å². The van der Waals surface area contributed by atoms with Crippen LogP contribution >= 0.6 is 0 Å². The fraction of sp³-hybridized carbons (Fsp3) is 0.714. The van der Waals surface area contributed by atoms with Gasteiger partial charge >= 0.3 is 0 Å². The number of imidazole rings is 1. The molecule has 1 saturated carbocycles. The van der Waals surface area contributed by atoms with Gasteiger partial charge in [0.25, 0.3) is 0 Å². The Kier molecular flexibility index (Phi) is 3.72. The van der Waals surface area contributed by atoms with E-state index in [1.54, 1.807) is 0 Å². The lowest BCUT2D eigenvalue weighted by Gasteiger charge is -2.29. The van der Waals surface area contributed by atoms with Gasteiger partial charge in [0, 0.05) is 5.69 Å². The van der Waals surface area contributed by atoms with Crippen LogP contribution in [-0.4, -0.2) is 21.6 Å². The predicted molar refractivity (Wildman–Crippen MR) is 71.1 cm³/mol. The smallest absolute Gasteiger partial charge is 0.127 e. The Morgan fingerprint density at radius 3 is 2.72 bits per heavy atom. The van der Waals surface area contributed by atoms with Crippen molar-refractivity contribution < 1.29 is 0 Å². The number of hydrogen-bond donors (Lipinski definition) is 1. The Morgan fingerprint density at radius 1 is 1.56 bits per heavy atom. The van der Waals surface area contributed by atoms with E-state index in [0.717, 1.165) is 37.2 Å². The summed E-state index contributed by atoms with van der Waals surface area (Å²) in [6.07, 6.45) is 5.23. The van der Waals surface area contributed by atoms with E-state index in [1.807, 2.05) is 13.3 Å². The highest BCUT2D eigenvalue weighted by molar-refractivity contribution is 5.18. The molecule has 4 heteroatoms. The van der Waals surface area contributed by atoms with Crippen LogP contribution in [0.4, 0.5) is 0 Å². The Bertz CT molecular complexity index is 453. The number of aryl methyl sites for hydroxylation is 1. The maximum atomic E-state index is 9.63. The first-order valence-electron chi connectivity index (χ1n) is 6.77. The Hall–Kier alpha value is -1.34. The Labute approximate surface area is 109 Å². The second-order valence-corrected chi connectivity index (χ2v) is 5.33. The number of nitrogens with one attached hydrogen (secondary N) is 1. The molecule has 1 heterocycles. The van der Waals surface area contributed by atoms with E-state index < -0.39 is 5.54 Å². The molecule has 0 aromatic carbocycles. The van der Waals surface area contributed by atoms with Crippen LogP contribution in [0, 0.1) is 31.1 Å². The predicted octanol–water partition coefficient (Wildman–Crippen LogP) is 2.17. The zero-order valence-electron chi connectivity index (χ0n) is 11.5. The highest BCUT2D eigenvalue weighted by Crippen LogP contribution is 2.40. The van der Waals surface area contributed by atoms with Gasteiger partial charge in [0.15, 0.2) is 0 Å². The van der Waals surface area contributed by atoms with Crippen LogP contribution in [0.5, 0.6) is 0 Å². The fourth-order valence-corrected chi connectivity index (χ4v) is 2.39. The molecule has 0 saturated heterocycles. The van der Waals surface area contributed by atoms with Crippen LogP contribution in [0.3, 0.4) is 0 Å². The van der Waals surface area contributed by atoms with Crippen molar-refractivity contribution in [3.63, 3.8) is 0 Å². The van der Waals surface area contributed by atoms with Crippen molar-refractivity contribution in [2.24, 2.45) is 5.92 Å². The molecule has 0 spiro atoms. The molecular weight excluding hydrogens is 224 g/mol. The van der Waals surface area contributed by atoms with Crippen molar-refractivity contribution >= 4 is 0 Å². The molecule has 1 N–H and O–H groups in total. The van der Waals surface area contributed by atoms with Crippen molar-refractivity contribution in [2.45, 2.75) is 52.1 Å². The summed E-state index contributed by atoms with van der Waals surface area (Å²) < 4.78 is 2.11. The van der Waals surface area contributed by atoms with E-state index in [4.69, 9.17) is 0 Å². The van der Waals surface area contributed by atoms with Gasteiger partial charge in [-0.1, -0.05) is 6.92 Å². The van der Waals surface area contributed by atoms with Gasteiger partial charge in [0.2, 0.25) is 0 Å². The van der Waals surface area contributed by atoms with Crippen molar-refractivity contribution in [2.75, 3.05) is 6.54 Å². The summed E-state index contributed by atoms with van der Waals surface area (Å²) in [5.74, 6) is 0.496. The molecule has 4 nitrogen and oxygen atoms in total. The first kappa shape index (κ1) is 13.1. The van der Waals surface area contributed by atoms with Gasteiger partial charge in [-0.25, -0.2) is 4.98 Å². The minimum absolute atomic E-state index is 0.409. The number of aromatic nitrogens is 2. The molecule has 18 heavy (non-hydrogen) atoms. The molecule has 0 aliphatic heterocycles. The molecule has 0 amide bonds. The van der Waals surface area contributed by atoms with Gasteiger partial charge < -0.3 is 4.57 Å². The summed E-state index contributed by atoms with van der Waals surface area (Å²) in [4.78, 5) is 4.32. The van der Waals surface area contributed by atoms with Crippen LogP contribution in [0.2, 0.25) is 0 Å². The third-order valence-corrected chi connectivity index (χ3v) is 3.93. The number of rotatable bonds is 6. The molecular formula is C14H22N4. The summed E-state index contributed by atoms with van der Waals surface area (Å²) in [7, 11) is 0. The molecule has 1 unspecified atom stereocenters. The normalized spacial score (nSPS) is 18.3. The third kappa shape index (κ3) is 2.41. The SMILES string of the molecule is CCCNC(C#N)(Cn1cnc(C)c1C)C1CC1. The minimum atomic E-state index is -0.409. The molecule has 98 valence electrons. The highest BCUT2D eigenvalue weighted by Gasteiger charge is 2.45. The van der Waals surface area contributed by atoms with E-state index in [9.17, 15) is 5.26 Å². The zero-order chi connectivity index (χ0) is 13.2. The van der Waals surface area contributed by atoms with Crippen LogP contribution in [0.15, 0.2) is 6.33 Å². The van der Waals surface area contributed by atoms with Crippen LogP contribution in [-0.2, 0) is 6.54 Å². The molecule has 1 fully saturated rings. The lowest BCUT2D eigenvalue weighted by atomic mass is 9.94. The summed E-state index contributed by atoms with van der Waals surface area (Å²) in [5.41, 5.74) is 1.80. The molecule has 0 radical (unpaired) electrons. The largest absolute Gasteiger partial charge is 0.332 e. The van der Waals surface area contributed by atoms with Gasteiger partial charge in [-0.05, 0) is 45.6 Å². The van der Waals surface area contributed by atoms with Gasteiger partial charge in [0.1, 0.15) is 5.54 Å². The van der Waals surface area contributed by atoms with Gasteiger partial charge in [-0.15, -0.1) is 0 Å². The minimum Gasteiger partial charge on any atom is -0.332 e. The van der Waals surface area contributed by atoms with E-state index in [0.29, 0.717) is 12.5 Å². The highest BCUT2D eigenvalue weighted by atomic mass is 15.1. The molecule has 1 aromatic heterocycles. The summed E-state index contributed by atoms with van der Waals surface area (Å²) >= 11 is 0. The van der Waals surface area contributed by atoms with Gasteiger partial charge in [-0.3, -0.25) is 5.32 Å². The zero-order valence-corrected chi connectivity index (χ0v) is 11.5. The van der Waals surface area contributed by atoms with E-state index in [2.05, 4.69) is 34.8 Å². The fourth-order valence-electron chi connectivity index (χ4n) is 2.39. The molecule has 1 aromatic rings. The maximum absolute atomic E-state index is 9.63. The molecule has 1 atom stereocenters. The van der Waals surface area contributed by atoms with Crippen molar-refractivity contribution in [3.8, 4) is 6.07 Å². The summed E-state index contributed by atoms with van der Waals surface area (Å²) in [6, 6.07) is 2.54. The molecule has 0 bridgehead atoms. The average molecular weight is 246 g/mol. The standard InChI is InChI=1S/C14H22N4/c1-4-7-17-14(8-15,13-5-6-13)9-18-10-16-11(2)12(18)3/h10,13,17H,4-7,9H2,1-3H3. The van der Waals surface area contributed by atoms with Gasteiger partial charge in [-0.2, -0.15) is 5.26 Å². The van der Waals surface area contributed by atoms with Crippen molar-refractivity contribution in [3.05, 3.63) is 17.7 Å². The molecule has 1 aliphatic rings. The van der Waals surface area contributed by atoms with Crippen molar-refractivity contribution in [1.82, 2.24) is 14.9 Å². The Morgan fingerprint density at radius 2 is 2.28 bits per heavy atom. The monoisotopic (exact) mass is 246 g/mol. The van der Waals surface area contributed by atoms with Crippen LogP contribution in [0.25, 0.3) is 0 Å². The second kappa shape index (κ2) is 5.11. The van der Waals surface area contributed by atoms with E-state index in [-0.39, 0.29) is 0 Å². The lowest BCUT2D eigenvalue weighted by molar-refractivity contribution is 0.316. The number of hydrogen-bond acceptors (Lipinski definition) is 3. The van der Waals surface area contributed by atoms with Crippen LogP contribution < -0.4 is 5.32 Å². The van der Waals surface area contributed by atoms with E-state index in [1.165, 1.54) is 0 Å². The third-order valence-electron chi connectivity index (χ3n) is 3.93.